The fraction of sp³-hybridized carbons (Fsp3) is 0.308. The van der Waals surface area contributed by atoms with E-state index in [1.54, 1.807) is 0 Å². The molecule has 3 rings (SSSR count). The van der Waals surface area contributed by atoms with E-state index in [0.717, 1.165) is 17.4 Å². The lowest BCUT2D eigenvalue weighted by Crippen LogP contribution is -2.09. The Morgan fingerprint density at radius 1 is 1.31 bits per heavy atom. The van der Waals surface area contributed by atoms with Crippen molar-refractivity contribution in [2.75, 3.05) is 11.9 Å². The van der Waals surface area contributed by atoms with Crippen molar-refractivity contribution in [1.82, 2.24) is 4.98 Å². The molecule has 1 aliphatic heterocycles. The zero-order valence-corrected chi connectivity index (χ0v) is 10.1. The number of nitrogens with zero attached hydrogens (tertiary/aromatic N) is 1. The summed E-state index contributed by atoms with van der Waals surface area (Å²) in [6.07, 6.45) is 2.40. The summed E-state index contributed by atoms with van der Waals surface area (Å²) in [6, 6.07) is 8.45. The highest BCUT2D eigenvalue weighted by atomic mass is 32.1. The van der Waals surface area contributed by atoms with Crippen molar-refractivity contribution in [1.29, 1.82) is 0 Å². The topological polar surface area (TPSA) is 24.9 Å². The molecule has 16 heavy (non-hydrogen) atoms. The second kappa shape index (κ2) is 3.91. The number of anilines is 1. The molecule has 0 spiro atoms. The first-order chi connectivity index (χ1) is 7.84. The fourth-order valence-electron chi connectivity index (χ4n) is 2.04. The SMILES string of the molecule is Cc1ccccc1-c1nc2c(s1)CCCN2. The predicted octanol–water partition coefficient (Wildman–Crippen LogP) is 3.48. The van der Waals surface area contributed by atoms with Gasteiger partial charge in [-0.15, -0.1) is 11.3 Å². The van der Waals surface area contributed by atoms with E-state index in [-0.39, 0.29) is 0 Å². The van der Waals surface area contributed by atoms with Gasteiger partial charge in [-0.3, -0.25) is 0 Å². The van der Waals surface area contributed by atoms with Crippen LogP contribution in [0, 0.1) is 6.92 Å². The lowest BCUT2D eigenvalue weighted by molar-refractivity contribution is 0.837. The summed E-state index contributed by atoms with van der Waals surface area (Å²) in [5, 5.41) is 4.52. The summed E-state index contributed by atoms with van der Waals surface area (Å²) in [4.78, 5) is 6.10. The van der Waals surface area contributed by atoms with E-state index in [9.17, 15) is 0 Å². The number of thiazole rings is 1. The normalized spacial score (nSPS) is 14.3. The Bertz CT molecular complexity index is 493. The van der Waals surface area contributed by atoms with Crippen molar-refractivity contribution in [3.8, 4) is 10.6 Å². The van der Waals surface area contributed by atoms with Crippen LogP contribution in [0.5, 0.6) is 0 Å². The van der Waals surface area contributed by atoms with E-state index < -0.39 is 0 Å². The molecule has 0 atom stereocenters. The van der Waals surface area contributed by atoms with Gasteiger partial charge in [0.2, 0.25) is 0 Å². The second-order valence-electron chi connectivity index (χ2n) is 4.14. The average Bonchev–Trinajstić information content (AvgIpc) is 2.73. The van der Waals surface area contributed by atoms with Crippen molar-refractivity contribution in [3.05, 3.63) is 34.7 Å². The van der Waals surface area contributed by atoms with Crippen LogP contribution in [0.25, 0.3) is 10.6 Å². The maximum absolute atomic E-state index is 4.69. The third kappa shape index (κ3) is 1.61. The van der Waals surface area contributed by atoms with Crippen LogP contribution < -0.4 is 5.32 Å². The summed E-state index contributed by atoms with van der Waals surface area (Å²) in [5.74, 6) is 1.11. The summed E-state index contributed by atoms with van der Waals surface area (Å²) in [7, 11) is 0. The molecule has 0 saturated carbocycles. The third-order valence-corrected chi connectivity index (χ3v) is 4.09. The van der Waals surface area contributed by atoms with Gasteiger partial charge >= 0.3 is 0 Å². The zero-order valence-electron chi connectivity index (χ0n) is 9.29. The molecule has 0 radical (unpaired) electrons. The van der Waals surface area contributed by atoms with Gasteiger partial charge in [0.25, 0.3) is 0 Å². The standard InChI is InChI=1S/C13H14N2S/c1-9-5-2-3-6-10(9)13-15-12-11(16-13)7-4-8-14-12/h2-3,5-6,14H,4,7-8H2,1H3. The first-order valence-electron chi connectivity index (χ1n) is 5.64. The first-order valence-corrected chi connectivity index (χ1v) is 6.46. The summed E-state index contributed by atoms with van der Waals surface area (Å²) >= 11 is 1.83. The summed E-state index contributed by atoms with van der Waals surface area (Å²) < 4.78 is 0. The molecule has 1 aromatic carbocycles. The van der Waals surface area contributed by atoms with Gasteiger partial charge < -0.3 is 5.32 Å². The molecular weight excluding hydrogens is 216 g/mol. The summed E-state index contributed by atoms with van der Waals surface area (Å²) in [6.45, 7) is 3.20. The van der Waals surface area contributed by atoms with Crippen LogP contribution in [0.15, 0.2) is 24.3 Å². The van der Waals surface area contributed by atoms with Crippen LogP contribution in [-0.4, -0.2) is 11.5 Å². The van der Waals surface area contributed by atoms with E-state index >= 15 is 0 Å². The number of nitrogens with one attached hydrogen (secondary N) is 1. The third-order valence-electron chi connectivity index (χ3n) is 2.95. The highest BCUT2D eigenvalue weighted by Gasteiger charge is 2.16. The molecule has 2 nitrogen and oxygen atoms in total. The summed E-state index contributed by atoms with van der Waals surface area (Å²) in [5.41, 5.74) is 2.57. The van der Waals surface area contributed by atoms with Gasteiger partial charge in [0.05, 0.1) is 0 Å². The Balaban J connectivity index is 2.07. The van der Waals surface area contributed by atoms with Crippen LogP contribution in [0.2, 0.25) is 0 Å². The minimum absolute atomic E-state index is 1.06. The minimum Gasteiger partial charge on any atom is -0.369 e. The van der Waals surface area contributed by atoms with E-state index in [1.807, 2.05) is 11.3 Å². The van der Waals surface area contributed by atoms with Gasteiger partial charge in [-0.25, -0.2) is 4.98 Å². The van der Waals surface area contributed by atoms with E-state index in [4.69, 9.17) is 0 Å². The Hall–Kier alpha value is -1.35. The number of rotatable bonds is 1. The Kier molecular flexibility index (Phi) is 2.40. The number of benzene rings is 1. The Morgan fingerprint density at radius 3 is 3.00 bits per heavy atom. The van der Waals surface area contributed by atoms with E-state index in [2.05, 4.69) is 41.5 Å². The average molecular weight is 230 g/mol. The maximum atomic E-state index is 4.69. The van der Waals surface area contributed by atoms with Crippen molar-refractivity contribution in [3.63, 3.8) is 0 Å². The van der Waals surface area contributed by atoms with Crippen molar-refractivity contribution in [2.45, 2.75) is 19.8 Å². The van der Waals surface area contributed by atoms with Gasteiger partial charge in [0.1, 0.15) is 10.8 Å². The van der Waals surface area contributed by atoms with Gasteiger partial charge in [0, 0.05) is 17.0 Å². The van der Waals surface area contributed by atoms with Crippen molar-refractivity contribution >= 4 is 17.2 Å². The zero-order chi connectivity index (χ0) is 11.0. The van der Waals surface area contributed by atoms with Crippen LogP contribution in [-0.2, 0) is 6.42 Å². The van der Waals surface area contributed by atoms with Crippen LogP contribution in [0.1, 0.15) is 16.9 Å². The molecule has 2 aromatic rings. The molecule has 1 N–H and O–H groups in total. The number of fused-ring (bicyclic) bond motifs is 1. The van der Waals surface area contributed by atoms with Gasteiger partial charge in [-0.05, 0) is 25.3 Å². The Morgan fingerprint density at radius 2 is 2.19 bits per heavy atom. The van der Waals surface area contributed by atoms with Crippen molar-refractivity contribution in [2.24, 2.45) is 0 Å². The largest absolute Gasteiger partial charge is 0.369 e. The molecule has 1 aromatic heterocycles. The minimum atomic E-state index is 1.06. The van der Waals surface area contributed by atoms with Gasteiger partial charge in [-0.1, -0.05) is 24.3 Å². The molecule has 82 valence electrons. The van der Waals surface area contributed by atoms with Crippen LogP contribution >= 0.6 is 11.3 Å². The smallest absolute Gasteiger partial charge is 0.140 e. The highest BCUT2D eigenvalue weighted by Crippen LogP contribution is 2.34. The molecule has 3 heteroatoms. The first kappa shape index (κ1) is 9.85. The second-order valence-corrected chi connectivity index (χ2v) is 5.22. The molecule has 0 aliphatic carbocycles. The van der Waals surface area contributed by atoms with E-state index in [1.165, 1.54) is 28.8 Å². The monoisotopic (exact) mass is 230 g/mol. The maximum Gasteiger partial charge on any atom is 0.140 e. The van der Waals surface area contributed by atoms with E-state index in [0.29, 0.717) is 0 Å². The predicted molar refractivity (Wildman–Crippen MR) is 69.1 cm³/mol. The van der Waals surface area contributed by atoms with Crippen LogP contribution in [0.4, 0.5) is 5.82 Å². The molecule has 0 unspecified atom stereocenters. The van der Waals surface area contributed by atoms with Crippen molar-refractivity contribution < 1.29 is 0 Å². The van der Waals surface area contributed by atoms with Gasteiger partial charge in [0.15, 0.2) is 0 Å². The fourth-order valence-corrected chi connectivity index (χ4v) is 3.21. The molecule has 2 heterocycles. The lowest BCUT2D eigenvalue weighted by atomic mass is 10.1. The van der Waals surface area contributed by atoms with Gasteiger partial charge in [-0.2, -0.15) is 0 Å². The molecular formula is C13H14N2S. The molecule has 0 saturated heterocycles. The molecule has 0 bridgehead atoms. The quantitative estimate of drug-likeness (QED) is 0.811. The Labute approximate surface area is 99.4 Å². The number of aryl methyl sites for hydroxylation is 2. The molecule has 1 aliphatic rings. The molecule has 0 fully saturated rings. The number of hydrogen-bond donors (Lipinski definition) is 1. The highest BCUT2D eigenvalue weighted by molar-refractivity contribution is 7.15. The van der Waals surface area contributed by atoms with Crippen LogP contribution in [0.3, 0.4) is 0 Å². The number of hydrogen-bond acceptors (Lipinski definition) is 3. The lowest BCUT2D eigenvalue weighted by Gasteiger charge is -2.10. The number of aromatic nitrogens is 1. The molecule has 0 amide bonds.